The topological polar surface area (TPSA) is 121 Å². The quantitative estimate of drug-likeness (QED) is 0.197. The third kappa shape index (κ3) is 21.1. The molecule has 7 nitrogen and oxygen atoms in total. The highest BCUT2D eigenvalue weighted by Crippen LogP contribution is 2.14. The van der Waals surface area contributed by atoms with E-state index >= 15 is 0 Å². The lowest BCUT2D eigenvalue weighted by molar-refractivity contribution is -0.138. The second kappa shape index (κ2) is 20.0. The zero-order valence-corrected chi connectivity index (χ0v) is 19.3. The summed E-state index contributed by atoms with van der Waals surface area (Å²) in [6, 6.07) is -0.694. The average molecular weight is 442 g/mol. The zero-order valence-electron chi connectivity index (χ0n) is 19.3. The van der Waals surface area contributed by atoms with Gasteiger partial charge in [-0.15, -0.1) is 0 Å². The Morgan fingerprint density at radius 1 is 0.581 bits per heavy atom. The van der Waals surface area contributed by atoms with E-state index < -0.39 is 18.0 Å². The maximum absolute atomic E-state index is 11.9. The molecule has 0 unspecified atom stereocenters. The van der Waals surface area contributed by atoms with Crippen molar-refractivity contribution in [1.82, 2.24) is 5.32 Å². The molecule has 0 aromatic heterocycles. The largest absolute Gasteiger partial charge is 0.481 e. The van der Waals surface area contributed by atoms with Crippen LogP contribution >= 0.6 is 0 Å². The maximum Gasteiger partial charge on any atom is 0.303 e. The summed E-state index contributed by atoms with van der Waals surface area (Å²) in [5, 5.41) is 19.9. The SMILES string of the molecule is CC(=O)[C@H](CCC(=O)O)NC(=O)CCCCCCCCCCCCCCCCC(=O)O. The van der Waals surface area contributed by atoms with E-state index in [2.05, 4.69) is 5.32 Å². The van der Waals surface area contributed by atoms with Gasteiger partial charge in [0.1, 0.15) is 0 Å². The molecule has 0 saturated heterocycles. The van der Waals surface area contributed by atoms with Crippen LogP contribution in [0.4, 0.5) is 0 Å². The number of nitrogens with one attached hydrogen (secondary N) is 1. The first-order chi connectivity index (χ1) is 14.8. The molecule has 31 heavy (non-hydrogen) atoms. The van der Waals surface area contributed by atoms with Crippen molar-refractivity contribution in [3.05, 3.63) is 0 Å². The van der Waals surface area contributed by atoms with Gasteiger partial charge < -0.3 is 15.5 Å². The van der Waals surface area contributed by atoms with Crippen molar-refractivity contribution < 1.29 is 29.4 Å². The lowest BCUT2D eigenvalue weighted by Crippen LogP contribution is -2.40. The highest BCUT2D eigenvalue weighted by molar-refractivity contribution is 5.87. The third-order valence-electron chi connectivity index (χ3n) is 5.52. The molecule has 1 atom stereocenters. The van der Waals surface area contributed by atoms with Crippen molar-refractivity contribution >= 4 is 23.6 Å². The van der Waals surface area contributed by atoms with Crippen molar-refractivity contribution in [3.8, 4) is 0 Å². The van der Waals surface area contributed by atoms with E-state index in [0.29, 0.717) is 12.8 Å². The summed E-state index contributed by atoms with van der Waals surface area (Å²) in [6.45, 7) is 1.37. The monoisotopic (exact) mass is 441 g/mol. The second-order valence-corrected chi connectivity index (χ2v) is 8.51. The minimum absolute atomic E-state index is 0.126. The highest BCUT2D eigenvalue weighted by atomic mass is 16.4. The smallest absolute Gasteiger partial charge is 0.303 e. The molecule has 0 aromatic rings. The van der Waals surface area contributed by atoms with Gasteiger partial charge in [-0.1, -0.05) is 77.0 Å². The molecule has 0 aliphatic carbocycles. The van der Waals surface area contributed by atoms with E-state index in [-0.39, 0.29) is 24.5 Å². The Hall–Kier alpha value is -1.92. The van der Waals surface area contributed by atoms with Crippen LogP contribution in [0.5, 0.6) is 0 Å². The molecule has 0 aliphatic heterocycles. The van der Waals surface area contributed by atoms with Gasteiger partial charge in [0.15, 0.2) is 5.78 Å². The van der Waals surface area contributed by atoms with Crippen molar-refractivity contribution in [1.29, 1.82) is 0 Å². The van der Waals surface area contributed by atoms with Crippen LogP contribution < -0.4 is 5.32 Å². The highest BCUT2D eigenvalue weighted by Gasteiger charge is 2.17. The summed E-state index contributed by atoms with van der Waals surface area (Å²) in [4.78, 5) is 44.5. The molecule has 3 N–H and O–H groups in total. The number of hydrogen-bond acceptors (Lipinski definition) is 4. The van der Waals surface area contributed by atoms with E-state index in [4.69, 9.17) is 10.2 Å². The molecule has 7 heteroatoms. The molecule has 180 valence electrons. The molecule has 1 amide bonds. The first kappa shape index (κ1) is 29.1. The third-order valence-corrected chi connectivity index (χ3v) is 5.52. The van der Waals surface area contributed by atoms with Crippen LogP contribution in [0.25, 0.3) is 0 Å². The predicted molar refractivity (Wildman–Crippen MR) is 121 cm³/mol. The van der Waals surface area contributed by atoms with Gasteiger partial charge in [0, 0.05) is 19.3 Å². The van der Waals surface area contributed by atoms with Gasteiger partial charge in [0.05, 0.1) is 6.04 Å². The lowest BCUT2D eigenvalue weighted by atomic mass is 10.0. The fraction of sp³-hybridized carbons (Fsp3) is 0.833. The first-order valence-corrected chi connectivity index (χ1v) is 12.1. The summed E-state index contributed by atoms with van der Waals surface area (Å²) in [7, 11) is 0. The van der Waals surface area contributed by atoms with Crippen LogP contribution in [0.15, 0.2) is 0 Å². The molecule has 0 radical (unpaired) electrons. The van der Waals surface area contributed by atoms with Gasteiger partial charge in [-0.2, -0.15) is 0 Å². The fourth-order valence-corrected chi connectivity index (χ4v) is 3.59. The molecule has 0 aromatic carbocycles. The van der Waals surface area contributed by atoms with Crippen LogP contribution in [-0.4, -0.2) is 39.9 Å². The van der Waals surface area contributed by atoms with E-state index in [1.54, 1.807) is 0 Å². The summed E-state index contributed by atoms with van der Waals surface area (Å²) in [5.74, 6) is -2.04. The van der Waals surface area contributed by atoms with E-state index in [0.717, 1.165) is 38.5 Å². The lowest BCUT2D eigenvalue weighted by Gasteiger charge is -2.14. The number of carboxylic acids is 2. The fourth-order valence-electron chi connectivity index (χ4n) is 3.59. The van der Waals surface area contributed by atoms with E-state index in [1.807, 2.05) is 0 Å². The molecule has 0 spiro atoms. The van der Waals surface area contributed by atoms with Crippen molar-refractivity contribution in [2.45, 2.75) is 129 Å². The number of hydrogen-bond donors (Lipinski definition) is 3. The first-order valence-electron chi connectivity index (χ1n) is 12.1. The number of carbonyl (C=O) groups excluding carboxylic acids is 2. The van der Waals surface area contributed by atoms with Crippen LogP contribution in [-0.2, 0) is 19.2 Å². The Bertz CT molecular complexity index is 520. The van der Waals surface area contributed by atoms with Gasteiger partial charge in [-0.3, -0.25) is 19.2 Å². The van der Waals surface area contributed by atoms with Crippen LogP contribution in [0.2, 0.25) is 0 Å². The Balaban J connectivity index is 3.43. The molecular formula is C24H43NO6. The molecular weight excluding hydrogens is 398 g/mol. The van der Waals surface area contributed by atoms with E-state index in [1.165, 1.54) is 58.3 Å². The maximum atomic E-state index is 11.9. The summed E-state index contributed by atoms with van der Waals surface area (Å²) in [6.07, 6.45) is 16.5. The minimum atomic E-state index is -0.967. The Morgan fingerprint density at radius 3 is 1.29 bits per heavy atom. The number of aliphatic carboxylic acids is 2. The minimum Gasteiger partial charge on any atom is -0.481 e. The molecule has 0 aliphatic rings. The predicted octanol–water partition coefficient (Wildman–Crippen LogP) is 5.25. The standard InChI is InChI=1S/C24H43NO6/c1-20(26)21(18-19-24(30)31)25-22(27)16-14-12-10-8-6-4-2-3-5-7-9-11-13-15-17-23(28)29/h21H,2-19H2,1H3,(H,25,27)(H,28,29)(H,30,31)/t21-/m0/s1. The number of Topliss-reactive ketones (excluding diaryl/α,β-unsaturated/α-hetero) is 1. The molecule has 0 bridgehead atoms. The molecule has 0 saturated carbocycles. The summed E-state index contributed by atoms with van der Waals surface area (Å²) in [5.41, 5.74) is 0. The average Bonchev–Trinajstić information content (AvgIpc) is 2.70. The van der Waals surface area contributed by atoms with Crippen LogP contribution in [0, 0.1) is 0 Å². The summed E-state index contributed by atoms with van der Waals surface area (Å²) < 4.78 is 0. The van der Waals surface area contributed by atoms with Crippen molar-refractivity contribution in [2.24, 2.45) is 0 Å². The van der Waals surface area contributed by atoms with Gasteiger partial charge in [0.2, 0.25) is 5.91 Å². The molecule has 0 heterocycles. The zero-order chi connectivity index (χ0) is 23.3. The van der Waals surface area contributed by atoms with Crippen molar-refractivity contribution in [2.75, 3.05) is 0 Å². The number of carboxylic acid groups (broad SMARTS) is 2. The number of ketones is 1. The Labute approximate surface area is 187 Å². The normalized spacial score (nSPS) is 11.8. The Kier molecular flexibility index (Phi) is 18.8. The van der Waals surface area contributed by atoms with Crippen LogP contribution in [0.1, 0.15) is 122 Å². The number of rotatable bonds is 22. The second-order valence-electron chi connectivity index (χ2n) is 8.51. The van der Waals surface area contributed by atoms with Gasteiger partial charge in [0.25, 0.3) is 0 Å². The number of amides is 1. The van der Waals surface area contributed by atoms with Crippen molar-refractivity contribution in [3.63, 3.8) is 0 Å². The molecule has 0 rings (SSSR count). The van der Waals surface area contributed by atoms with E-state index in [9.17, 15) is 19.2 Å². The Morgan fingerprint density at radius 2 is 0.935 bits per heavy atom. The van der Waals surface area contributed by atoms with Gasteiger partial charge in [-0.05, 0) is 26.2 Å². The van der Waals surface area contributed by atoms with Crippen LogP contribution in [0.3, 0.4) is 0 Å². The number of carbonyl (C=O) groups is 4. The summed E-state index contributed by atoms with van der Waals surface area (Å²) >= 11 is 0. The van der Waals surface area contributed by atoms with Gasteiger partial charge in [-0.25, -0.2) is 0 Å². The molecule has 0 fully saturated rings. The number of unbranched alkanes of at least 4 members (excludes halogenated alkanes) is 13. The van der Waals surface area contributed by atoms with Gasteiger partial charge >= 0.3 is 11.9 Å².